The Morgan fingerprint density at radius 1 is 0.952 bits per heavy atom. The van der Waals surface area contributed by atoms with Crippen molar-refractivity contribution in [2.24, 2.45) is 0 Å². The van der Waals surface area contributed by atoms with E-state index >= 15 is 0 Å². The molecule has 0 radical (unpaired) electrons. The predicted molar refractivity (Wildman–Crippen MR) is 86.1 cm³/mol. The minimum Gasteiger partial charge on any atom is -0.493 e. The lowest BCUT2D eigenvalue weighted by molar-refractivity contribution is 0.323. The van der Waals surface area contributed by atoms with Crippen molar-refractivity contribution in [3.8, 4) is 17.2 Å². The Hall–Kier alpha value is -1.72. The van der Waals surface area contributed by atoms with Gasteiger partial charge in [0.2, 0.25) is 5.75 Å². The number of nitrogens with one attached hydrogen (secondary N) is 1. The second kappa shape index (κ2) is 6.83. The molecule has 2 rings (SSSR count). The van der Waals surface area contributed by atoms with Crippen molar-refractivity contribution < 1.29 is 14.2 Å². The van der Waals surface area contributed by atoms with Gasteiger partial charge in [-0.15, -0.1) is 11.3 Å². The maximum Gasteiger partial charge on any atom is 0.203 e. The minimum absolute atomic E-state index is 0.0867. The van der Waals surface area contributed by atoms with Crippen molar-refractivity contribution in [1.29, 1.82) is 0 Å². The molecule has 0 saturated heterocycles. The number of ether oxygens (including phenoxy) is 3. The molecule has 5 heteroatoms. The first-order chi connectivity index (χ1) is 10.1. The topological polar surface area (TPSA) is 39.7 Å². The van der Waals surface area contributed by atoms with E-state index in [9.17, 15) is 0 Å². The number of rotatable bonds is 6. The average Bonchev–Trinajstić information content (AvgIpc) is 2.93. The molecule has 0 saturated carbocycles. The van der Waals surface area contributed by atoms with Gasteiger partial charge in [0, 0.05) is 4.88 Å². The van der Waals surface area contributed by atoms with Crippen LogP contribution in [0.15, 0.2) is 23.6 Å². The summed E-state index contributed by atoms with van der Waals surface area (Å²) in [5, 5.41) is 5.51. The number of methoxy groups -OCH3 is 3. The number of hydrogen-bond donors (Lipinski definition) is 1. The maximum atomic E-state index is 5.42. The van der Waals surface area contributed by atoms with E-state index in [-0.39, 0.29) is 6.04 Å². The quantitative estimate of drug-likeness (QED) is 0.888. The molecular formula is C16H21NO3S. The Morgan fingerprint density at radius 3 is 1.95 bits per heavy atom. The lowest BCUT2D eigenvalue weighted by Crippen LogP contribution is -2.17. The highest BCUT2D eigenvalue weighted by Crippen LogP contribution is 2.41. The molecule has 0 aliphatic rings. The lowest BCUT2D eigenvalue weighted by Gasteiger charge is -2.19. The molecule has 1 unspecified atom stereocenters. The van der Waals surface area contributed by atoms with Gasteiger partial charge in [0.05, 0.1) is 27.4 Å². The summed E-state index contributed by atoms with van der Waals surface area (Å²) in [5.41, 5.74) is 2.30. The van der Waals surface area contributed by atoms with E-state index in [0.29, 0.717) is 17.2 Å². The van der Waals surface area contributed by atoms with Crippen molar-refractivity contribution in [2.75, 3.05) is 28.4 Å². The maximum absolute atomic E-state index is 5.42. The van der Waals surface area contributed by atoms with Gasteiger partial charge < -0.3 is 19.5 Å². The highest BCUT2D eigenvalue weighted by atomic mass is 32.1. The zero-order valence-electron chi connectivity index (χ0n) is 13.0. The first kappa shape index (κ1) is 15.7. The van der Waals surface area contributed by atoms with Crippen LogP contribution in [-0.4, -0.2) is 28.4 Å². The van der Waals surface area contributed by atoms with Crippen molar-refractivity contribution >= 4 is 11.3 Å². The SMILES string of the molecule is CNC(c1csc(C)c1)c1cc(OC)c(OC)c(OC)c1. The van der Waals surface area contributed by atoms with Crippen LogP contribution >= 0.6 is 11.3 Å². The zero-order chi connectivity index (χ0) is 15.4. The summed E-state index contributed by atoms with van der Waals surface area (Å²) in [5.74, 6) is 1.94. The van der Waals surface area contributed by atoms with Crippen molar-refractivity contribution in [1.82, 2.24) is 5.32 Å². The first-order valence-electron chi connectivity index (χ1n) is 6.66. The van der Waals surface area contributed by atoms with E-state index in [1.807, 2.05) is 19.2 Å². The summed E-state index contributed by atoms with van der Waals surface area (Å²) in [4.78, 5) is 1.29. The Bertz CT molecular complexity index is 584. The first-order valence-corrected chi connectivity index (χ1v) is 7.54. The van der Waals surface area contributed by atoms with Crippen LogP contribution in [-0.2, 0) is 0 Å². The van der Waals surface area contributed by atoms with Gasteiger partial charge in [0.15, 0.2) is 11.5 Å². The predicted octanol–water partition coefficient (Wildman–Crippen LogP) is 3.39. The molecule has 1 heterocycles. The standard InChI is InChI=1S/C16H21NO3S/c1-10-6-12(9-21-10)15(17-2)11-7-13(18-3)16(20-5)14(8-11)19-4/h6-9,15,17H,1-5H3. The van der Waals surface area contributed by atoms with Crippen LogP contribution < -0.4 is 19.5 Å². The third-order valence-electron chi connectivity index (χ3n) is 3.39. The van der Waals surface area contributed by atoms with Crippen molar-refractivity contribution in [3.05, 3.63) is 39.6 Å². The number of thiophene rings is 1. The summed E-state index contributed by atoms with van der Waals surface area (Å²) in [6, 6.07) is 6.24. The molecule has 21 heavy (non-hydrogen) atoms. The summed E-state index contributed by atoms with van der Waals surface area (Å²) in [6.45, 7) is 2.11. The number of hydrogen-bond acceptors (Lipinski definition) is 5. The summed E-state index contributed by atoms with van der Waals surface area (Å²) in [7, 11) is 6.81. The second-order valence-corrected chi connectivity index (χ2v) is 5.79. The van der Waals surface area contributed by atoms with Gasteiger partial charge in [-0.05, 0) is 48.7 Å². The van der Waals surface area contributed by atoms with Crippen LogP contribution in [0, 0.1) is 6.92 Å². The van der Waals surface area contributed by atoms with E-state index in [4.69, 9.17) is 14.2 Å². The molecule has 0 fully saturated rings. The van der Waals surface area contributed by atoms with Crippen molar-refractivity contribution in [3.63, 3.8) is 0 Å². The molecule has 0 spiro atoms. The molecule has 1 aromatic heterocycles. The van der Waals surface area contributed by atoms with Crippen LogP contribution in [0.4, 0.5) is 0 Å². The van der Waals surface area contributed by atoms with Gasteiger partial charge in [-0.3, -0.25) is 0 Å². The van der Waals surface area contributed by atoms with Crippen LogP contribution in [0.5, 0.6) is 17.2 Å². The van der Waals surface area contributed by atoms with E-state index in [0.717, 1.165) is 5.56 Å². The molecular weight excluding hydrogens is 286 g/mol. The van der Waals surface area contributed by atoms with E-state index in [2.05, 4.69) is 23.7 Å². The average molecular weight is 307 g/mol. The molecule has 2 aromatic rings. The summed E-state index contributed by atoms with van der Waals surface area (Å²) >= 11 is 1.74. The zero-order valence-corrected chi connectivity index (χ0v) is 13.8. The fourth-order valence-corrected chi connectivity index (χ4v) is 3.14. The van der Waals surface area contributed by atoms with E-state index in [1.54, 1.807) is 32.7 Å². The highest BCUT2D eigenvalue weighted by Gasteiger charge is 2.19. The molecule has 0 aliphatic heterocycles. The van der Waals surface area contributed by atoms with Crippen LogP contribution in [0.3, 0.4) is 0 Å². The second-order valence-electron chi connectivity index (χ2n) is 4.67. The van der Waals surface area contributed by atoms with E-state index < -0.39 is 0 Å². The number of aryl methyl sites for hydroxylation is 1. The van der Waals surface area contributed by atoms with E-state index in [1.165, 1.54) is 10.4 Å². The molecule has 0 amide bonds. The van der Waals surface area contributed by atoms with Crippen LogP contribution in [0.25, 0.3) is 0 Å². The smallest absolute Gasteiger partial charge is 0.203 e. The van der Waals surface area contributed by atoms with Crippen LogP contribution in [0.2, 0.25) is 0 Å². The normalized spacial score (nSPS) is 12.0. The van der Waals surface area contributed by atoms with Gasteiger partial charge in [0.1, 0.15) is 0 Å². The van der Waals surface area contributed by atoms with Gasteiger partial charge in [0.25, 0.3) is 0 Å². The Labute approximate surface area is 129 Å². The molecule has 114 valence electrons. The molecule has 1 aromatic carbocycles. The third-order valence-corrected chi connectivity index (χ3v) is 4.27. The Balaban J connectivity index is 2.51. The number of benzene rings is 1. The molecule has 0 bridgehead atoms. The fraction of sp³-hybridized carbons (Fsp3) is 0.375. The molecule has 1 N–H and O–H groups in total. The van der Waals surface area contributed by atoms with Crippen LogP contribution in [0.1, 0.15) is 22.0 Å². The summed E-state index contributed by atoms with van der Waals surface area (Å²) in [6.07, 6.45) is 0. The van der Waals surface area contributed by atoms with Gasteiger partial charge in [-0.1, -0.05) is 0 Å². The highest BCUT2D eigenvalue weighted by molar-refractivity contribution is 7.10. The monoisotopic (exact) mass is 307 g/mol. The Morgan fingerprint density at radius 2 is 1.57 bits per heavy atom. The molecule has 4 nitrogen and oxygen atoms in total. The largest absolute Gasteiger partial charge is 0.493 e. The minimum atomic E-state index is 0.0867. The molecule has 0 aliphatic carbocycles. The molecule has 1 atom stereocenters. The van der Waals surface area contributed by atoms with Gasteiger partial charge in [-0.25, -0.2) is 0 Å². The third kappa shape index (κ3) is 3.14. The van der Waals surface area contributed by atoms with Gasteiger partial charge in [-0.2, -0.15) is 0 Å². The van der Waals surface area contributed by atoms with Crippen molar-refractivity contribution in [2.45, 2.75) is 13.0 Å². The summed E-state index contributed by atoms with van der Waals surface area (Å²) < 4.78 is 16.2. The lowest BCUT2D eigenvalue weighted by atomic mass is 10.00. The Kier molecular flexibility index (Phi) is 5.09. The van der Waals surface area contributed by atoms with Gasteiger partial charge >= 0.3 is 0 Å². The fourth-order valence-electron chi connectivity index (χ4n) is 2.41.